The summed E-state index contributed by atoms with van der Waals surface area (Å²) in [5.41, 5.74) is 0.637. The van der Waals surface area contributed by atoms with Gasteiger partial charge in [-0.3, -0.25) is 4.98 Å². The minimum Gasteiger partial charge on any atom is -0.449 e. The van der Waals surface area contributed by atoms with E-state index in [1.54, 1.807) is 24.3 Å². The van der Waals surface area contributed by atoms with Gasteiger partial charge in [0.25, 0.3) is 11.9 Å². The Labute approximate surface area is 115 Å². The zero-order valence-corrected chi connectivity index (χ0v) is 10.3. The van der Waals surface area contributed by atoms with Gasteiger partial charge in [-0.05, 0) is 12.1 Å². The summed E-state index contributed by atoms with van der Waals surface area (Å²) in [4.78, 5) is 6.45. The molecular weight excluding hydrogens is 288 g/mol. The second-order valence-electron chi connectivity index (χ2n) is 4.12. The molecule has 3 aromatic rings. The highest BCUT2D eigenvalue weighted by atomic mass is 19.2. The molecule has 0 aliphatic heterocycles. The van der Waals surface area contributed by atoms with E-state index in [-0.39, 0.29) is 5.75 Å². The Morgan fingerprint density at radius 3 is 2.29 bits per heavy atom. The predicted octanol–water partition coefficient (Wildman–Crippen LogP) is 3.98. The van der Waals surface area contributed by atoms with Crippen LogP contribution in [0.15, 0.2) is 36.5 Å². The van der Waals surface area contributed by atoms with Crippen LogP contribution in [0.4, 0.5) is 17.6 Å². The summed E-state index contributed by atoms with van der Waals surface area (Å²) in [6.07, 6.45) is 1.19. The van der Waals surface area contributed by atoms with Gasteiger partial charge in [0.05, 0.1) is 11.7 Å². The Kier molecular flexibility index (Phi) is 3.17. The number of benzene rings is 1. The summed E-state index contributed by atoms with van der Waals surface area (Å²) in [5, 5.41) is 0.644. The molecule has 0 aliphatic carbocycles. The first-order valence-corrected chi connectivity index (χ1v) is 5.79. The van der Waals surface area contributed by atoms with Crippen LogP contribution < -0.4 is 4.74 Å². The van der Waals surface area contributed by atoms with Crippen LogP contribution >= 0.6 is 0 Å². The predicted molar refractivity (Wildman–Crippen MR) is 65.9 cm³/mol. The third-order valence-electron chi connectivity index (χ3n) is 2.74. The third-order valence-corrected chi connectivity index (χ3v) is 2.74. The SMILES string of the molecule is Fc1nc(F)c(F)c(Oc2cnc3ccccc3c2)c1F. The minimum absolute atomic E-state index is 0.0588. The molecule has 0 fully saturated rings. The van der Waals surface area contributed by atoms with Gasteiger partial charge < -0.3 is 4.74 Å². The standard InChI is InChI=1S/C14H6F4N2O/c15-10-12(11(16)14(18)20-13(10)17)21-8-5-7-3-1-2-4-9(7)19-6-8/h1-6H. The lowest BCUT2D eigenvalue weighted by Crippen LogP contribution is -2.03. The fraction of sp³-hybridized carbons (Fsp3) is 0. The van der Waals surface area contributed by atoms with E-state index in [9.17, 15) is 17.6 Å². The van der Waals surface area contributed by atoms with Crippen LogP contribution in [0.5, 0.6) is 11.5 Å². The van der Waals surface area contributed by atoms with Crippen LogP contribution in [0.25, 0.3) is 10.9 Å². The van der Waals surface area contributed by atoms with Gasteiger partial charge in [-0.25, -0.2) is 0 Å². The van der Waals surface area contributed by atoms with Gasteiger partial charge in [0.2, 0.25) is 17.4 Å². The van der Waals surface area contributed by atoms with Gasteiger partial charge in [-0.2, -0.15) is 22.5 Å². The Balaban J connectivity index is 2.06. The Hall–Kier alpha value is -2.70. The van der Waals surface area contributed by atoms with Crippen molar-refractivity contribution in [1.82, 2.24) is 9.97 Å². The van der Waals surface area contributed by atoms with Crippen LogP contribution in [-0.4, -0.2) is 9.97 Å². The topological polar surface area (TPSA) is 35.0 Å². The van der Waals surface area contributed by atoms with E-state index in [4.69, 9.17) is 4.74 Å². The zero-order chi connectivity index (χ0) is 15.0. The van der Waals surface area contributed by atoms with Crippen molar-refractivity contribution in [2.75, 3.05) is 0 Å². The first kappa shape index (κ1) is 13.3. The van der Waals surface area contributed by atoms with E-state index in [1.165, 1.54) is 12.3 Å². The number of hydrogen-bond donors (Lipinski definition) is 0. The van der Waals surface area contributed by atoms with Crippen LogP contribution in [0.2, 0.25) is 0 Å². The van der Waals surface area contributed by atoms with Crippen molar-refractivity contribution in [3.63, 3.8) is 0 Å². The maximum atomic E-state index is 13.5. The van der Waals surface area contributed by atoms with Gasteiger partial charge in [0, 0.05) is 5.39 Å². The van der Waals surface area contributed by atoms with Gasteiger partial charge in [-0.1, -0.05) is 18.2 Å². The quantitative estimate of drug-likeness (QED) is 0.529. The Bertz CT molecular complexity index is 812. The van der Waals surface area contributed by atoms with Crippen molar-refractivity contribution in [3.8, 4) is 11.5 Å². The molecule has 21 heavy (non-hydrogen) atoms. The number of ether oxygens (including phenoxy) is 1. The number of halogens is 4. The maximum Gasteiger partial charge on any atom is 0.255 e. The molecule has 0 amide bonds. The van der Waals surface area contributed by atoms with Crippen molar-refractivity contribution >= 4 is 10.9 Å². The normalized spacial score (nSPS) is 10.9. The van der Waals surface area contributed by atoms with Gasteiger partial charge in [0.1, 0.15) is 5.75 Å². The first-order valence-electron chi connectivity index (χ1n) is 5.79. The monoisotopic (exact) mass is 294 g/mol. The highest BCUT2D eigenvalue weighted by Crippen LogP contribution is 2.30. The summed E-state index contributed by atoms with van der Waals surface area (Å²) >= 11 is 0. The van der Waals surface area contributed by atoms with E-state index in [2.05, 4.69) is 9.97 Å². The molecule has 0 atom stereocenters. The van der Waals surface area contributed by atoms with Crippen molar-refractivity contribution in [2.24, 2.45) is 0 Å². The minimum atomic E-state index is -1.78. The fourth-order valence-corrected chi connectivity index (χ4v) is 1.78. The lowest BCUT2D eigenvalue weighted by Gasteiger charge is -2.08. The Morgan fingerprint density at radius 1 is 0.905 bits per heavy atom. The third kappa shape index (κ3) is 2.37. The summed E-state index contributed by atoms with van der Waals surface area (Å²) in [7, 11) is 0. The van der Waals surface area contributed by atoms with Crippen LogP contribution in [0.1, 0.15) is 0 Å². The molecule has 3 rings (SSSR count). The zero-order valence-electron chi connectivity index (χ0n) is 10.3. The number of fused-ring (bicyclic) bond motifs is 1. The van der Waals surface area contributed by atoms with Crippen molar-refractivity contribution < 1.29 is 22.3 Å². The number of para-hydroxylation sites is 1. The number of hydrogen-bond acceptors (Lipinski definition) is 3. The Morgan fingerprint density at radius 2 is 1.57 bits per heavy atom. The van der Waals surface area contributed by atoms with Crippen LogP contribution in [0, 0.1) is 23.5 Å². The van der Waals surface area contributed by atoms with E-state index in [1.807, 2.05) is 0 Å². The molecule has 0 radical (unpaired) electrons. The van der Waals surface area contributed by atoms with Gasteiger partial charge >= 0.3 is 0 Å². The lowest BCUT2D eigenvalue weighted by molar-refractivity contribution is 0.343. The summed E-state index contributed by atoms with van der Waals surface area (Å²) in [6, 6.07) is 8.38. The number of rotatable bonds is 2. The van der Waals surface area contributed by atoms with Crippen LogP contribution in [0.3, 0.4) is 0 Å². The molecule has 0 saturated heterocycles. The largest absolute Gasteiger partial charge is 0.449 e. The molecule has 0 unspecified atom stereocenters. The maximum absolute atomic E-state index is 13.5. The molecule has 0 saturated carbocycles. The average molecular weight is 294 g/mol. The second kappa shape index (κ2) is 5.01. The fourth-order valence-electron chi connectivity index (χ4n) is 1.78. The average Bonchev–Trinajstić information content (AvgIpc) is 2.49. The molecule has 0 N–H and O–H groups in total. The lowest BCUT2D eigenvalue weighted by atomic mass is 10.2. The molecule has 0 aliphatic rings. The molecule has 3 nitrogen and oxygen atoms in total. The molecule has 7 heteroatoms. The van der Waals surface area contributed by atoms with Gasteiger partial charge in [0.15, 0.2) is 0 Å². The van der Waals surface area contributed by atoms with E-state index < -0.39 is 29.3 Å². The number of aromatic nitrogens is 2. The van der Waals surface area contributed by atoms with Crippen molar-refractivity contribution in [1.29, 1.82) is 0 Å². The molecule has 2 aromatic heterocycles. The summed E-state index contributed by atoms with van der Waals surface area (Å²) in [5.74, 6) is -8.23. The smallest absolute Gasteiger partial charge is 0.255 e. The molecule has 1 aromatic carbocycles. The number of pyridine rings is 2. The molecule has 0 bridgehead atoms. The summed E-state index contributed by atoms with van der Waals surface area (Å²) < 4.78 is 57.8. The number of nitrogens with zero attached hydrogens (tertiary/aromatic N) is 2. The first-order chi connectivity index (χ1) is 10.1. The summed E-state index contributed by atoms with van der Waals surface area (Å²) in [6.45, 7) is 0. The van der Waals surface area contributed by atoms with Crippen molar-refractivity contribution in [2.45, 2.75) is 0 Å². The second-order valence-corrected chi connectivity index (χ2v) is 4.12. The van der Waals surface area contributed by atoms with Crippen LogP contribution in [-0.2, 0) is 0 Å². The van der Waals surface area contributed by atoms with Crippen molar-refractivity contribution in [3.05, 3.63) is 60.1 Å². The molecule has 106 valence electrons. The highest BCUT2D eigenvalue weighted by molar-refractivity contribution is 5.79. The molecule has 0 spiro atoms. The van der Waals surface area contributed by atoms with E-state index in [0.717, 1.165) is 0 Å². The highest BCUT2D eigenvalue weighted by Gasteiger charge is 2.23. The van der Waals surface area contributed by atoms with E-state index >= 15 is 0 Å². The van der Waals surface area contributed by atoms with Gasteiger partial charge in [-0.15, -0.1) is 0 Å². The molecule has 2 heterocycles. The molecular formula is C14H6F4N2O. The van der Waals surface area contributed by atoms with E-state index in [0.29, 0.717) is 10.9 Å².